The molecule has 0 bridgehead atoms. The van der Waals surface area contributed by atoms with Crippen molar-refractivity contribution in [2.24, 2.45) is 0 Å². The third-order valence-corrected chi connectivity index (χ3v) is 6.52. The SMILES string of the molecule is Nc1ccc(C(O)CNCC2CCc3cc(S(=O)(=O)Nc4ncccn4)ccc3O2)cc1. The Hall–Kier alpha value is -3.21. The van der Waals surface area contributed by atoms with Crippen molar-refractivity contribution < 1.29 is 18.3 Å². The van der Waals surface area contributed by atoms with Crippen molar-refractivity contribution in [1.82, 2.24) is 15.3 Å². The summed E-state index contributed by atoms with van der Waals surface area (Å²) in [6, 6.07) is 13.5. The highest BCUT2D eigenvalue weighted by molar-refractivity contribution is 7.92. The normalized spacial score (nSPS) is 16.6. The van der Waals surface area contributed by atoms with Crippen LogP contribution >= 0.6 is 0 Å². The zero-order chi connectivity index (χ0) is 22.6. The van der Waals surface area contributed by atoms with E-state index in [2.05, 4.69) is 20.0 Å². The number of nitrogens with two attached hydrogens (primary N) is 1. The second-order valence-corrected chi connectivity index (χ2v) is 9.25. The zero-order valence-electron chi connectivity index (χ0n) is 17.3. The number of aryl methyl sites for hydroxylation is 1. The number of nitrogen functional groups attached to an aromatic ring is 1. The Bertz CT molecular complexity index is 1160. The third-order valence-electron chi connectivity index (χ3n) is 5.19. The van der Waals surface area contributed by atoms with Crippen LogP contribution in [0.4, 0.5) is 11.6 Å². The molecule has 2 atom stereocenters. The topological polar surface area (TPSA) is 139 Å². The molecule has 1 aromatic heterocycles. The molecule has 0 spiro atoms. The molecular formula is C22H25N5O4S. The minimum atomic E-state index is -3.79. The second-order valence-electron chi connectivity index (χ2n) is 7.57. The van der Waals surface area contributed by atoms with E-state index in [0.717, 1.165) is 17.5 Å². The molecule has 0 fully saturated rings. The fourth-order valence-electron chi connectivity index (χ4n) is 3.48. The Kier molecular flexibility index (Phi) is 6.54. The molecule has 32 heavy (non-hydrogen) atoms. The summed E-state index contributed by atoms with van der Waals surface area (Å²) in [5, 5.41) is 13.5. The summed E-state index contributed by atoms with van der Waals surface area (Å²) in [5.74, 6) is 0.686. The Balaban J connectivity index is 1.33. The highest BCUT2D eigenvalue weighted by atomic mass is 32.2. The highest BCUT2D eigenvalue weighted by Gasteiger charge is 2.23. The molecule has 0 amide bonds. The summed E-state index contributed by atoms with van der Waals surface area (Å²) >= 11 is 0. The molecule has 2 aromatic carbocycles. The van der Waals surface area contributed by atoms with Crippen LogP contribution in [0.1, 0.15) is 23.7 Å². The van der Waals surface area contributed by atoms with Gasteiger partial charge in [-0.3, -0.25) is 0 Å². The van der Waals surface area contributed by atoms with E-state index in [1.165, 1.54) is 18.5 Å². The molecule has 5 N–H and O–H groups in total. The average Bonchev–Trinajstić information content (AvgIpc) is 2.79. The number of sulfonamides is 1. The molecule has 1 aliphatic rings. The minimum absolute atomic E-state index is 0.0220. The Morgan fingerprint density at radius 1 is 1.16 bits per heavy atom. The minimum Gasteiger partial charge on any atom is -0.489 e. The molecular weight excluding hydrogens is 430 g/mol. The lowest BCUT2D eigenvalue weighted by Crippen LogP contribution is -2.36. The largest absolute Gasteiger partial charge is 0.489 e. The van der Waals surface area contributed by atoms with Gasteiger partial charge in [0.05, 0.1) is 11.0 Å². The summed E-state index contributed by atoms with van der Waals surface area (Å²) in [6.45, 7) is 0.958. The van der Waals surface area contributed by atoms with E-state index in [-0.39, 0.29) is 16.9 Å². The van der Waals surface area contributed by atoms with Crippen molar-refractivity contribution in [2.45, 2.75) is 29.9 Å². The smallest absolute Gasteiger partial charge is 0.264 e. The maximum absolute atomic E-state index is 12.6. The number of nitrogens with one attached hydrogen (secondary N) is 2. The van der Waals surface area contributed by atoms with Gasteiger partial charge in [0.15, 0.2) is 0 Å². The second kappa shape index (κ2) is 9.51. The lowest BCUT2D eigenvalue weighted by molar-refractivity contribution is 0.146. The Morgan fingerprint density at radius 2 is 1.91 bits per heavy atom. The number of hydrogen-bond donors (Lipinski definition) is 4. The first-order valence-electron chi connectivity index (χ1n) is 10.2. The van der Waals surface area contributed by atoms with Crippen LogP contribution in [0.5, 0.6) is 5.75 Å². The van der Waals surface area contributed by atoms with E-state index < -0.39 is 16.1 Å². The van der Waals surface area contributed by atoms with Gasteiger partial charge in [0, 0.05) is 31.2 Å². The number of anilines is 2. The number of aliphatic hydroxyl groups excluding tert-OH is 1. The van der Waals surface area contributed by atoms with E-state index in [1.807, 2.05) is 0 Å². The maximum atomic E-state index is 12.6. The van der Waals surface area contributed by atoms with E-state index in [9.17, 15) is 13.5 Å². The predicted octanol–water partition coefficient (Wildman–Crippen LogP) is 1.88. The summed E-state index contributed by atoms with van der Waals surface area (Å²) in [7, 11) is -3.79. The predicted molar refractivity (Wildman–Crippen MR) is 121 cm³/mol. The van der Waals surface area contributed by atoms with Crippen molar-refractivity contribution in [3.05, 3.63) is 72.1 Å². The van der Waals surface area contributed by atoms with Crippen LogP contribution in [0, 0.1) is 0 Å². The van der Waals surface area contributed by atoms with Gasteiger partial charge in [0.2, 0.25) is 5.95 Å². The molecule has 168 valence electrons. The van der Waals surface area contributed by atoms with Crippen LogP contribution in [0.2, 0.25) is 0 Å². The van der Waals surface area contributed by atoms with Gasteiger partial charge in [-0.25, -0.2) is 23.1 Å². The van der Waals surface area contributed by atoms with Gasteiger partial charge in [-0.1, -0.05) is 12.1 Å². The van der Waals surface area contributed by atoms with Crippen LogP contribution in [0.15, 0.2) is 65.8 Å². The fraction of sp³-hybridized carbons (Fsp3) is 0.273. The maximum Gasteiger partial charge on any atom is 0.264 e. The standard InChI is InChI=1S/C22H25N5O4S/c23-17-5-2-15(3-6-17)20(28)14-24-13-18-7-4-16-12-19(8-9-21(16)31-18)32(29,30)27-22-25-10-1-11-26-22/h1-3,5-6,8-12,18,20,24,28H,4,7,13-14,23H2,(H,25,26,27). The van der Waals surface area contributed by atoms with E-state index in [4.69, 9.17) is 10.5 Å². The number of rotatable bonds is 8. The van der Waals surface area contributed by atoms with Gasteiger partial charge in [0.25, 0.3) is 10.0 Å². The number of fused-ring (bicyclic) bond motifs is 1. The summed E-state index contributed by atoms with van der Waals surface area (Å²) in [6.07, 6.45) is 3.65. The van der Waals surface area contributed by atoms with E-state index >= 15 is 0 Å². The van der Waals surface area contributed by atoms with Crippen LogP contribution in [-0.2, 0) is 16.4 Å². The number of aliphatic hydroxyl groups is 1. The average molecular weight is 456 g/mol. The molecule has 10 heteroatoms. The zero-order valence-corrected chi connectivity index (χ0v) is 18.1. The molecule has 0 radical (unpaired) electrons. The number of hydrogen-bond acceptors (Lipinski definition) is 8. The molecule has 2 heterocycles. The molecule has 4 rings (SSSR count). The summed E-state index contributed by atoms with van der Waals surface area (Å²) in [5.41, 5.74) is 7.96. The molecule has 9 nitrogen and oxygen atoms in total. The fourth-order valence-corrected chi connectivity index (χ4v) is 4.49. The third kappa shape index (κ3) is 5.34. The van der Waals surface area contributed by atoms with Gasteiger partial charge in [-0.05, 0) is 60.4 Å². The van der Waals surface area contributed by atoms with Crippen LogP contribution < -0.4 is 20.5 Å². The molecule has 0 aliphatic carbocycles. The van der Waals surface area contributed by atoms with E-state index in [0.29, 0.717) is 30.9 Å². The molecule has 3 aromatic rings. The first-order valence-corrected chi connectivity index (χ1v) is 11.7. The summed E-state index contributed by atoms with van der Waals surface area (Å²) in [4.78, 5) is 7.92. The van der Waals surface area contributed by atoms with Gasteiger partial charge in [-0.15, -0.1) is 0 Å². The van der Waals surface area contributed by atoms with Gasteiger partial charge in [-0.2, -0.15) is 0 Å². The Morgan fingerprint density at radius 3 is 2.66 bits per heavy atom. The van der Waals surface area contributed by atoms with Gasteiger partial charge in [0.1, 0.15) is 11.9 Å². The highest BCUT2D eigenvalue weighted by Crippen LogP contribution is 2.30. The molecule has 2 unspecified atom stereocenters. The van der Waals surface area contributed by atoms with Gasteiger partial charge >= 0.3 is 0 Å². The summed E-state index contributed by atoms with van der Waals surface area (Å²) < 4.78 is 33.6. The lowest BCUT2D eigenvalue weighted by Gasteiger charge is -2.27. The van der Waals surface area contributed by atoms with E-state index in [1.54, 1.807) is 42.5 Å². The van der Waals surface area contributed by atoms with Crippen molar-refractivity contribution >= 4 is 21.7 Å². The van der Waals surface area contributed by atoms with Crippen molar-refractivity contribution in [1.29, 1.82) is 0 Å². The van der Waals surface area contributed by atoms with Crippen molar-refractivity contribution in [2.75, 3.05) is 23.5 Å². The Labute approximate surface area is 186 Å². The first-order chi connectivity index (χ1) is 15.4. The van der Waals surface area contributed by atoms with Crippen LogP contribution in [0.3, 0.4) is 0 Å². The molecule has 0 saturated heterocycles. The van der Waals surface area contributed by atoms with Crippen LogP contribution in [-0.4, -0.2) is 42.7 Å². The van der Waals surface area contributed by atoms with Gasteiger partial charge < -0.3 is 20.9 Å². The number of nitrogens with zero attached hydrogens (tertiary/aromatic N) is 2. The molecule has 0 saturated carbocycles. The number of benzene rings is 2. The monoisotopic (exact) mass is 455 g/mol. The van der Waals surface area contributed by atoms with Crippen molar-refractivity contribution in [3.63, 3.8) is 0 Å². The quantitative estimate of drug-likeness (QED) is 0.378. The lowest BCUT2D eigenvalue weighted by atomic mass is 10.0. The molecule has 1 aliphatic heterocycles. The first kappa shape index (κ1) is 22.0. The van der Waals surface area contributed by atoms with Crippen LogP contribution in [0.25, 0.3) is 0 Å². The number of ether oxygens (including phenoxy) is 1. The number of aromatic nitrogens is 2. The van der Waals surface area contributed by atoms with Crippen molar-refractivity contribution in [3.8, 4) is 5.75 Å².